The molecular formula is C15H24N2O3S. The number of rotatable bonds is 7. The molecule has 0 aliphatic heterocycles. The number of carbonyl (C=O) groups excluding carboxylic acids is 1. The minimum atomic E-state index is -0.989. The number of hydrogen-bond acceptors (Lipinski definition) is 3. The highest BCUT2D eigenvalue weighted by Crippen LogP contribution is 2.14. The van der Waals surface area contributed by atoms with Crippen LogP contribution < -0.4 is 5.32 Å². The highest BCUT2D eigenvalue weighted by Gasteiger charge is 2.24. The first-order chi connectivity index (χ1) is 9.81. The molecule has 2 unspecified atom stereocenters. The molecule has 5 nitrogen and oxygen atoms in total. The van der Waals surface area contributed by atoms with E-state index in [0.29, 0.717) is 6.42 Å². The van der Waals surface area contributed by atoms with E-state index in [-0.39, 0.29) is 18.0 Å². The second-order valence-corrected chi connectivity index (χ2v) is 6.75. The van der Waals surface area contributed by atoms with Crippen molar-refractivity contribution in [1.82, 2.24) is 10.2 Å². The van der Waals surface area contributed by atoms with E-state index in [1.165, 1.54) is 4.88 Å². The molecule has 2 atom stereocenters. The summed E-state index contributed by atoms with van der Waals surface area (Å²) in [6, 6.07) is 2.85. The molecule has 0 bridgehead atoms. The summed E-state index contributed by atoms with van der Waals surface area (Å²) in [7, 11) is 1.70. The van der Waals surface area contributed by atoms with E-state index in [1.807, 2.05) is 38.3 Å². The highest BCUT2D eigenvalue weighted by atomic mass is 32.1. The zero-order valence-electron chi connectivity index (χ0n) is 13.0. The minimum absolute atomic E-state index is 0.0112. The van der Waals surface area contributed by atoms with Crippen LogP contribution in [0.5, 0.6) is 0 Å². The quantitative estimate of drug-likeness (QED) is 0.813. The summed E-state index contributed by atoms with van der Waals surface area (Å²) in [5.41, 5.74) is 0. The Morgan fingerprint density at radius 2 is 2.05 bits per heavy atom. The molecule has 0 aliphatic rings. The first kappa shape index (κ1) is 17.5. The average Bonchev–Trinajstić information content (AvgIpc) is 2.88. The van der Waals surface area contributed by atoms with E-state index >= 15 is 0 Å². The van der Waals surface area contributed by atoms with Gasteiger partial charge in [-0.1, -0.05) is 19.9 Å². The third-order valence-electron chi connectivity index (χ3n) is 3.36. The molecule has 1 rings (SSSR count). The minimum Gasteiger partial charge on any atom is -0.480 e. The maximum atomic E-state index is 12.2. The summed E-state index contributed by atoms with van der Waals surface area (Å²) in [5.74, 6) is -0.781. The Bertz CT molecular complexity index is 459. The summed E-state index contributed by atoms with van der Waals surface area (Å²) in [5, 5.41) is 13.8. The van der Waals surface area contributed by atoms with Crippen LogP contribution >= 0.6 is 11.3 Å². The van der Waals surface area contributed by atoms with Crippen LogP contribution in [0.2, 0.25) is 0 Å². The number of carbonyl (C=O) groups is 2. The van der Waals surface area contributed by atoms with Gasteiger partial charge in [0.15, 0.2) is 0 Å². The Morgan fingerprint density at radius 3 is 2.52 bits per heavy atom. The lowest BCUT2D eigenvalue weighted by atomic mass is 10.0. The van der Waals surface area contributed by atoms with Crippen LogP contribution in [0, 0.1) is 5.92 Å². The number of nitrogens with one attached hydrogen (secondary N) is 1. The third-order valence-corrected chi connectivity index (χ3v) is 4.26. The zero-order valence-corrected chi connectivity index (χ0v) is 13.8. The molecule has 2 amide bonds. The number of carboxylic acids is 1. The van der Waals surface area contributed by atoms with Crippen LogP contribution in [-0.2, 0) is 11.2 Å². The lowest BCUT2D eigenvalue weighted by Gasteiger charge is -2.27. The van der Waals surface area contributed by atoms with Gasteiger partial charge in [-0.3, -0.25) is 0 Å². The predicted molar refractivity (Wildman–Crippen MR) is 84.7 cm³/mol. The van der Waals surface area contributed by atoms with Gasteiger partial charge in [0.25, 0.3) is 0 Å². The molecule has 0 radical (unpaired) electrons. The van der Waals surface area contributed by atoms with Crippen LogP contribution in [0.1, 0.15) is 32.1 Å². The van der Waals surface area contributed by atoms with Crippen molar-refractivity contribution >= 4 is 23.3 Å². The topological polar surface area (TPSA) is 69.6 Å². The van der Waals surface area contributed by atoms with Crippen molar-refractivity contribution < 1.29 is 14.7 Å². The van der Waals surface area contributed by atoms with E-state index in [9.17, 15) is 9.59 Å². The van der Waals surface area contributed by atoms with Crippen molar-refractivity contribution in [2.45, 2.75) is 45.7 Å². The fourth-order valence-electron chi connectivity index (χ4n) is 2.00. The molecule has 0 saturated heterocycles. The van der Waals surface area contributed by atoms with Gasteiger partial charge in [0.05, 0.1) is 0 Å². The molecule has 1 heterocycles. The summed E-state index contributed by atoms with van der Waals surface area (Å²) in [6.45, 7) is 5.83. The fourth-order valence-corrected chi connectivity index (χ4v) is 2.83. The SMILES string of the molecule is CC(C)CC(NC(=O)N(C)C(C)Cc1cccs1)C(=O)O. The van der Waals surface area contributed by atoms with Crippen molar-refractivity contribution in [3.05, 3.63) is 22.4 Å². The number of carboxylic acid groups (broad SMARTS) is 1. The van der Waals surface area contributed by atoms with Gasteiger partial charge >= 0.3 is 12.0 Å². The van der Waals surface area contributed by atoms with E-state index in [0.717, 1.165) is 6.42 Å². The largest absolute Gasteiger partial charge is 0.480 e. The Kier molecular flexibility index (Phi) is 6.68. The smallest absolute Gasteiger partial charge is 0.326 e. The van der Waals surface area contributed by atoms with Crippen LogP contribution in [-0.4, -0.2) is 41.1 Å². The maximum Gasteiger partial charge on any atom is 0.326 e. The van der Waals surface area contributed by atoms with Crippen molar-refractivity contribution in [2.75, 3.05) is 7.05 Å². The predicted octanol–water partition coefficient (Wildman–Crippen LogP) is 2.82. The van der Waals surface area contributed by atoms with Crippen molar-refractivity contribution in [3.63, 3.8) is 0 Å². The molecule has 0 aromatic carbocycles. The lowest BCUT2D eigenvalue weighted by Crippen LogP contribution is -2.50. The summed E-state index contributed by atoms with van der Waals surface area (Å²) in [6.07, 6.45) is 1.19. The van der Waals surface area contributed by atoms with Gasteiger partial charge in [-0.05, 0) is 30.7 Å². The molecule has 2 N–H and O–H groups in total. The van der Waals surface area contributed by atoms with Crippen LogP contribution in [0.25, 0.3) is 0 Å². The second kappa shape index (κ2) is 8.02. The monoisotopic (exact) mass is 312 g/mol. The Hall–Kier alpha value is -1.56. The molecule has 0 fully saturated rings. The van der Waals surface area contributed by atoms with Crippen molar-refractivity contribution in [2.24, 2.45) is 5.92 Å². The van der Waals surface area contributed by atoms with Crippen LogP contribution in [0.4, 0.5) is 4.79 Å². The van der Waals surface area contributed by atoms with Gasteiger partial charge in [-0.15, -0.1) is 11.3 Å². The Morgan fingerprint density at radius 1 is 1.38 bits per heavy atom. The summed E-state index contributed by atoms with van der Waals surface area (Å²) < 4.78 is 0. The molecule has 21 heavy (non-hydrogen) atoms. The number of urea groups is 1. The van der Waals surface area contributed by atoms with Gasteiger partial charge < -0.3 is 15.3 Å². The number of amides is 2. The van der Waals surface area contributed by atoms with Crippen molar-refractivity contribution in [1.29, 1.82) is 0 Å². The van der Waals surface area contributed by atoms with Crippen molar-refractivity contribution in [3.8, 4) is 0 Å². The van der Waals surface area contributed by atoms with Gasteiger partial charge in [-0.2, -0.15) is 0 Å². The van der Waals surface area contributed by atoms with Crippen LogP contribution in [0.3, 0.4) is 0 Å². The van der Waals surface area contributed by atoms with E-state index < -0.39 is 12.0 Å². The summed E-state index contributed by atoms with van der Waals surface area (Å²) in [4.78, 5) is 26.1. The molecule has 1 aromatic rings. The molecular weight excluding hydrogens is 288 g/mol. The standard InChI is InChI=1S/C15H24N2O3S/c1-10(2)8-13(14(18)19)16-15(20)17(4)11(3)9-12-6-5-7-21-12/h5-7,10-11,13H,8-9H2,1-4H3,(H,16,20)(H,18,19). The third kappa shape index (κ3) is 5.75. The number of hydrogen-bond donors (Lipinski definition) is 2. The van der Waals surface area contributed by atoms with Gasteiger partial charge in [0.2, 0.25) is 0 Å². The first-order valence-corrected chi connectivity index (χ1v) is 7.97. The normalized spacial score (nSPS) is 13.8. The molecule has 0 aliphatic carbocycles. The molecule has 0 saturated carbocycles. The lowest BCUT2D eigenvalue weighted by molar-refractivity contribution is -0.139. The van der Waals surface area contributed by atoms with E-state index in [1.54, 1.807) is 23.3 Å². The van der Waals surface area contributed by atoms with E-state index in [4.69, 9.17) is 5.11 Å². The zero-order chi connectivity index (χ0) is 16.0. The van der Waals surface area contributed by atoms with Gasteiger partial charge in [-0.25, -0.2) is 9.59 Å². The van der Waals surface area contributed by atoms with E-state index in [2.05, 4.69) is 5.32 Å². The fraction of sp³-hybridized carbons (Fsp3) is 0.600. The summed E-state index contributed by atoms with van der Waals surface area (Å²) >= 11 is 1.66. The van der Waals surface area contributed by atoms with Crippen LogP contribution in [0.15, 0.2) is 17.5 Å². The first-order valence-electron chi connectivity index (χ1n) is 7.09. The average molecular weight is 312 g/mol. The highest BCUT2D eigenvalue weighted by molar-refractivity contribution is 7.09. The van der Waals surface area contributed by atoms with Gasteiger partial charge in [0.1, 0.15) is 6.04 Å². The molecule has 1 aromatic heterocycles. The maximum absolute atomic E-state index is 12.2. The molecule has 6 heteroatoms. The molecule has 0 spiro atoms. The Labute approximate surface area is 130 Å². The molecule has 118 valence electrons. The van der Waals surface area contributed by atoms with Gasteiger partial charge in [0, 0.05) is 24.4 Å². The number of likely N-dealkylation sites (N-methyl/N-ethyl adjacent to an activating group) is 1. The second-order valence-electron chi connectivity index (χ2n) is 5.71. The Balaban J connectivity index is 2.57. The number of nitrogens with zero attached hydrogens (tertiary/aromatic N) is 1. The number of thiophene rings is 1. The number of aliphatic carboxylic acids is 1.